The Balaban J connectivity index is 0.00000242. The molecule has 124 valence electrons. The number of hydrogen-bond donors (Lipinski definition) is 2. The van der Waals surface area contributed by atoms with Crippen molar-refractivity contribution in [3.63, 3.8) is 0 Å². The Bertz CT molecular complexity index is 514. The molecule has 0 radical (unpaired) electrons. The van der Waals surface area contributed by atoms with Crippen LogP contribution in [0.1, 0.15) is 32.3 Å². The number of halogens is 3. The third-order valence-corrected chi connectivity index (χ3v) is 4.36. The first kappa shape index (κ1) is 19.6. The summed E-state index contributed by atoms with van der Waals surface area (Å²) in [6.07, 6.45) is 2.69. The number of nitrogens with one attached hydrogen (secondary N) is 2. The van der Waals surface area contributed by atoms with Crippen molar-refractivity contribution in [2.75, 3.05) is 13.1 Å². The van der Waals surface area contributed by atoms with E-state index in [4.69, 9.17) is 23.2 Å². The van der Waals surface area contributed by atoms with E-state index < -0.39 is 0 Å². The lowest BCUT2D eigenvalue weighted by Gasteiger charge is -2.30. The highest BCUT2D eigenvalue weighted by Gasteiger charge is 2.27. The Labute approximate surface area is 148 Å². The molecule has 22 heavy (non-hydrogen) atoms. The molecule has 0 aromatic heterocycles. The third kappa shape index (κ3) is 5.62. The van der Waals surface area contributed by atoms with Crippen molar-refractivity contribution in [2.24, 2.45) is 5.92 Å². The largest absolute Gasteiger partial charge is 0.351 e. The fourth-order valence-corrected chi connectivity index (χ4v) is 3.17. The van der Waals surface area contributed by atoms with Gasteiger partial charge < -0.3 is 10.6 Å². The molecule has 0 spiro atoms. The molecule has 1 saturated heterocycles. The summed E-state index contributed by atoms with van der Waals surface area (Å²) >= 11 is 12.1. The minimum absolute atomic E-state index is 0. The van der Waals surface area contributed by atoms with Crippen molar-refractivity contribution >= 4 is 41.5 Å². The molecule has 1 aromatic carbocycles. The summed E-state index contributed by atoms with van der Waals surface area (Å²) in [5.41, 5.74) is 0.652. The molecule has 2 N–H and O–H groups in total. The first-order valence-electron chi connectivity index (χ1n) is 7.34. The van der Waals surface area contributed by atoms with Gasteiger partial charge in [-0.05, 0) is 57.4 Å². The summed E-state index contributed by atoms with van der Waals surface area (Å²) < 4.78 is 0. The smallest absolute Gasteiger partial charge is 0.224 e. The van der Waals surface area contributed by atoms with E-state index >= 15 is 0 Å². The average molecular weight is 366 g/mol. The molecule has 1 aromatic rings. The van der Waals surface area contributed by atoms with Gasteiger partial charge in [-0.3, -0.25) is 4.79 Å². The number of piperidine rings is 1. The number of hydrogen-bond acceptors (Lipinski definition) is 2. The second-order valence-electron chi connectivity index (χ2n) is 6.33. The van der Waals surface area contributed by atoms with Crippen molar-refractivity contribution < 1.29 is 4.79 Å². The Morgan fingerprint density at radius 1 is 1.41 bits per heavy atom. The van der Waals surface area contributed by atoms with Crippen LogP contribution in [0.25, 0.3) is 0 Å². The summed E-state index contributed by atoms with van der Waals surface area (Å²) in [5.74, 6) is 0.191. The van der Waals surface area contributed by atoms with Crippen molar-refractivity contribution in [3.8, 4) is 0 Å². The fraction of sp³-hybridized carbons (Fsp3) is 0.562. The first-order chi connectivity index (χ1) is 9.87. The Morgan fingerprint density at radius 3 is 2.73 bits per heavy atom. The molecule has 6 heteroatoms. The van der Waals surface area contributed by atoms with Crippen LogP contribution in [0.4, 0.5) is 0 Å². The molecule has 2 rings (SSSR count). The summed E-state index contributed by atoms with van der Waals surface area (Å²) in [6.45, 7) is 5.81. The second kappa shape index (κ2) is 8.39. The lowest BCUT2D eigenvalue weighted by molar-refractivity contribution is -0.127. The quantitative estimate of drug-likeness (QED) is 0.851. The Kier molecular flexibility index (Phi) is 7.47. The van der Waals surface area contributed by atoms with Crippen molar-refractivity contribution in [1.29, 1.82) is 0 Å². The van der Waals surface area contributed by atoms with Crippen LogP contribution in [0.2, 0.25) is 10.0 Å². The van der Waals surface area contributed by atoms with Crippen LogP contribution in [0.5, 0.6) is 0 Å². The molecule has 1 aliphatic heterocycles. The van der Waals surface area contributed by atoms with Crippen LogP contribution in [-0.2, 0) is 11.2 Å². The maximum atomic E-state index is 12.3. The molecule has 1 fully saturated rings. The van der Waals surface area contributed by atoms with Crippen LogP contribution < -0.4 is 10.6 Å². The van der Waals surface area contributed by atoms with Gasteiger partial charge in [0, 0.05) is 22.1 Å². The van der Waals surface area contributed by atoms with Crippen LogP contribution in [0.15, 0.2) is 18.2 Å². The molecule has 1 unspecified atom stereocenters. The van der Waals surface area contributed by atoms with Crippen molar-refractivity contribution in [2.45, 2.75) is 38.6 Å². The molecule has 0 aliphatic carbocycles. The Morgan fingerprint density at radius 2 is 2.14 bits per heavy atom. The molecule has 3 nitrogen and oxygen atoms in total. The molecule has 1 aliphatic rings. The number of rotatable bonds is 4. The monoisotopic (exact) mass is 364 g/mol. The van der Waals surface area contributed by atoms with Crippen LogP contribution in [-0.4, -0.2) is 24.5 Å². The SMILES string of the molecule is CC(C)(Cc1ccc(Cl)cc1Cl)NC(=O)C1CCCNC1.Cl. The van der Waals surface area contributed by atoms with Crippen molar-refractivity contribution in [1.82, 2.24) is 10.6 Å². The Hall–Kier alpha value is -0.480. The van der Waals surface area contributed by atoms with E-state index in [2.05, 4.69) is 10.6 Å². The summed E-state index contributed by atoms with van der Waals surface area (Å²) in [5, 5.41) is 7.68. The number of amides is 1. The van der Waals surface area contributed by atoms with E-state index in [1.54, 1.807) is 6.07 Å². The minimum Gasteiger partial charge on any atom is -0.351 e. The highest BCUT2D eigenvalue weighted by molar-refractivity contribution is 6.35. The van der Waals surface area contributed by atoms with Gasteiger partial charge in [-0.25, -0.2) is 0 Å². The molecule has 1 atom stereocenters. The molecule has 1 heterocycles. The lowest BCUT2D eigenvalue weighted by atomic mass is 9.92. The van der Waals surface area contributed by atoms with E-state index in [0.717, 1.165) is 31.5 Å². The van der Waals surface area contributed by atoms with E-state index in [1.165, 1.54) is 0 Å². The number of benzene rings is 1. The molecule has 1 amide bonds. The van der Waals surface area contributed by atoms with Gasteiger partial charge in [0.25, 0.3) is 0 Å². The highest BCUT2D eigenvalue weighted by Crippen LogP contribution is 2.25. The third-order valence-electron chi connectivity index (χ3n) is 3.78. The minimum atomic E-state index is -0.341. The molecular weight excluding hydrogens is 343 g/mol. The zero-order chi connectivity index (χ0) is 15.5. The molecular formula is C16H23Cl3N2O. The van der Waals surface area contributed by atoms with Gasteiger partial charge in [-0.15, -0.1) is 12.4 Å². The first-order valence-corrected chi connectivity index (χ1v) is 8.10. The zero-order valence-electron chi connectivity index (χ0n) is 12.9. The van der Waals surface area contributed by atoms with Gasteiger partial charge in [0.1, 0.15) is 0 Å². The van der Waals surface area contributed by atoms with Gasteiger partial charge in [0.15, 0.2) is 0 Å². The van der Waals surface area contributed by atoms with E-state index in [9.17, 15) is 4.79 Å². The average Bonchev–Trinajstić information content (AvgIpc) is 2.42. The lowest BCUT2D eigenvalue weighted by Crippen LogP contribution is -2.50. The van der Waals surface area contributed by atoms with E-state index in [0.29, 0.717) is 16.5 Å². The highest BCUT2D eigenvalue weighted by atomic mass is 35.5. The normalized spacial score (nSPS) is 18.5. The number of carbonyl (C=O) groups is 1. The predicted octanol–water partition coefficient (Wildman–Crippen LogP) is 3.85. The maximum absolute atomic E-state index is 12.3. The van der Waals surface area contributed by atoms with Crippen LogP contribution >= 0.6 is 35.6 Å². The summed E-state index contributed by atoms with van der Waals surface area (Å²) in [4.78, 5) is 12.3. The van der Waals surface area contributed by atoms with Crippen LogP contribution in [0, 0.1) is 5.92 Å². The fourth-order valence-electron chi connectivity index (χ4n) is 2.70. The van der Waals surface area contributed by atoms with Gasteiger partial charge in [-0.1, -0.05) is 29.3 Å². The van der Waals surface area contributed by atoms with Gasteiger partial charge in [0.05, 0.1) is 5.92 Å². The number of carbonyl (C=O) groups excluding carboxylic acids is 1. The van der Waals surface area contributed by atoms with Gasteiger partial charge in [-0.2, -0.15) is 0 Å². The topological polar surface area (TPSA) is 41.1 Å². The standard InChI is InChI=1S/C16H22Cl2N2O.ClH/c1-16(2,9-11-5-6-13(17)8-14(11)18)20-15(21)12-4-3-7-19-10-12;/h5-6,8,12,19H,3-4,7,9-10H2,1-2H3,(H,20,21);1H. The van der Waals surface area contributed by atoms with Crippen LogP contribution in [0.3, 0.4) is 0 Å². The van der Waals surface area contributed by atoms with Gasteiger partial charge in [0.2, 0.25) is 5.91 Å². The van der Waals surface area contributed by atoms with Gasteiger partial charge >= 0.3 is 0 Å². The summed E-state index contributed by atoms with van der Waals surface area (Å²) in [6, 6.07) is 5.48. The molecule has 0 bridgehead atoms. The molecule has 0 saturated carbocycles. The summed E-state index contributed by atoms with van der Waals surface area (Å²) in [7, 11) is 0. The predicted molar refractivity (Wildman–Crippen MR) is 95.2 cm³/mol. The van der Waals surface area contributed by atoms with Crippen molar-refractivity contribution in [3.05, 3.63) is 33.8 Å². The van der Waals surface area contributed by atoms with E-state index in [1.807, 2.05) is 26.0 Å². The second-order valence-corrected chi connectivity index (χ2v) is 7.17. The zero-order valence-corrected chi connectivity index (χ0v) is 15.2. The maximum Gasteiger partial charge on any atom is 0.224 e. The van der Waals surface area contributed by atoms with E-state index in [-0.39, 0.29) is 29.8 Å².